The number of likely N-dealkylation sites (tertiary alicyclic amines) is 1. The van der Waals surface area contributed by atoms with Gasteiger partial charge in [-0.2, -0.15) is 13.2 Å². The smallest absolute Gasteiger partial charge is 0.400 e. The van der Waals surface area contributed by atoms with Gasteiger partial charge in [0.15, 0.2) is 5.84 Å². The van der Waals surface area contributed by atoms with Gasteiger partial charge in [-0.1, -0.05) is 12.1 Å². The van der Waals surface area contributed by atoms with E-state index in [-0.39, 0.29) is 6.54 Å². The summed E-state index contributed by atoms with van der Waals surface area (Å²) in [5.74, 6) is -2.35. The maximum atomic E-state index is 12.7. The van der Waals surface area contributed by atoms with Crippen molar-refractivity contribution in [3.05, 3.63) is 0 Å². The number of hydrogen-bond acceptors (Lipinski definition) is 4. The number of piperidine rings is 1. The summed E-state index contributed by atoms with van der Waals surface area (Å²) in [4.78, 5) is 2.32. The highest BCUT2D eigenvalue weighted by Crippen LogP contribution is 2.26. The van der Waals surface area contributed by atoms with E-state index < -0.39 is 17.9 Å². The molecule has 0 aliphatic carbocycles. The molecule has 1 saturated heterocycles. The van der Waals surface area contributed by atoms with Gasteiger partial charge < -0.3 is 21.2 Å². The number of amidine groups is 1. The van der Waals surface area contributed by atoms with Crippen LogP contribution in [0.4, 0.5) is 13.2 Å². The van der Waals surface area contributed by atoms with Crippen LogP contribution in [-0.4, -0.2) is 54.8 Å². The first-order valence-corrected chi connectivity index (χ1v) is 6.85. The molecular formula is C12H23F3N4O. The molecule has 1 aliphatic heterocycles. The molecule has 1 heterocycles. The Kier molecular flexibility index (Phi) is 6.54. The first-order chi connectivity index (χ1) is 9.38. The minimum Gasteiger partial charge on any atom is -0.409 e. The largest absolute Gasteiger partial charge is 0.409 e. The summed E-state index contributed by atoms with van der Waals surface area (Å²) in [6.45, 7) is 5.27. The van der Waals surface area contributed by atoms with Crippen LogP contribution >= 0.6 is 0 Å². The maximum Gasteiger partial charge on any atom is 0.400 e. The van der Waals surface area contributed by atoms with Crippen LogP contribution in [0.15, 0.2) is 5.16 Å². The molecule has 0 bridgehead atoms. The summed E-state index contributed by atoms with van der Waals surface area (Å²) in [5, 5.41) is 13.7. The van der Waals surface area contributed by atoms with Crippen LogP contribution in [0.1, 0.15) is 19.8 Å². The summed E-state index contributed by atoms with van der Waals surface area (Å²) < 4.78 is 38.1. The van der Waals surface area contributed by atoms with Crippen LogP contribution in [0.25, 0.3) is 0 Å². The van der Waals surface area contributed by atoms with E-state index in [0.29, 0.717) is 12.5 Å². The third-order valence-electron chi connectivity index (χ3n) is 3.80. The molecule has 0 radical (unpaired) electrons. The predicted octanol–water partition coefficient (Wildman–Crippen LogP) is 1.23. The van der Waals surface area contributed by atoms with Gasteiger partial charge in [0.25, 0.3) is 0 Å². The third kappa shape index (κ3) is 5.16. The van der Waals surface area contributed by atoms with Crippen LogP contribution in [0.2, 0.25) is 0 Å². The van der Waals surface area contributed by atoms with Gasteiger partial charge in [-0.25, -0.2) is 0 Å². The Morgan fingerprint density at radius 2 is 2.05 bits per heavy atom. The maximum absolute atomic E-state index is 12.7. The number of hydrogen-bond donors (Lipinski definition) is 3. The molecule has 0 aromatic heterocycles. The Morgan fingerprint density at radius 3 is 2.50 bits per heavy atom. The van der Waals surface area contributed by atoms with Gasteiger partial charge >= 0.3 is 6.18 Å². The third-order valence-corrected chi connectivity index (χ3v) is 3.80. The summed E-state index contributed by atoms with van der Waals surface area (Å²) in [6.07, 6.45) is -2.53. The number of oxime groups is 1. The van der Waals surface area contributed by atoms with Crippen molar-refractivity contribution in [2.24, 2.45) is 22.7 Å². The zero-order chi connectivity index (χ0) is 15.2. The highest BCUT2D eigenvalue weighted by Gasteiger charge is 2.42. The second kappa shape index (κ2) is 7.68. The van der Waals surface area contributed by atoms with Crippen molar-refractivity contribution in [2.45, 2.75) is 25.9 Å². The Morgan fingerprint density at radius 1 is 1.45 bits per heavy atom. The number of rotatable bonds is 6. The topological polar surface area (TPSA) is 73.9 Å². The van der Waals surface area contributed by atoms with Crippen molar-refractivity contribution in [3.63, 3.8) is 0 Å². The Balaban J connectivity index is 2.35. The Hall–Kier alpha value is -1.02. The van der Waals surface area contributed by atoms with Crippen molar-refractivity contribution in [3.8, 4) is 0 Å². The standard InChI is InChI=1S/C12H23F3N4O/c1-2-19-5-3-9(4-6-19)7-17-8-10(11(16)18-20)12(13,14)15/h9-10,17,20H,2-8H2,1H3,(H2,16,18). The molecule has 1 fully saturated rings. The highest BCUT2D eigenvalue weighted by atomic mass is 19.4. The van der Waals surface area contributed by atoms with Gasteiger partial charge in [0.2, 0.25) is 0 Å². The number of halogens is 3. The van der Waals surface area contributed by atoms with E-state index in [1.807, 2.05) is 0 Å². The van der Waals surface area contributed by atoms with Gasteiger partial charge in [-0.15, -0.1) is 0 Å². The minimum atomic E-state index is -4.51. The molecule has 0 saturated carbocycles. The second-order valence-corrected chi connectivity index (χ2v) is 5.15. The molecule has 5 nitrogen and oxygen atoms in total. The number of alkyl halides is 3. The monoisotopic (exact) mass is 296 g/mol. The quantitative estimate of drug-likeness (QED) is 0.298. The SMILES string of the molecule is CCN1CCC(CNCC(C(N)=NO)C(F)(F)F)CC1. The van der Waals surface area contributed by atoms with E-state index >= 15 is 0 Å². The van der Waals surface area contributed by atoms with Crippen molar-refractivity contribution in [2.75, 3.05) is 32.7 Å². The van der Waals surface area contributed by atoms with Crippen molar-refractivity contribution in [1.29, 1.82) is 0 Å². The zero-order valence-electron chi connectivity index (χ0n) is 11.7. The molecule has 20 heavy (non-hydrogen) atoms. The van der Waals surface area contributed by atoms with Gasteiger partial charge in [0, 0.05) is 6.54 Å². The van der Waals surface area contributed by atoms with E-state index in [4.69, 9.17) is 10.9 Å². The lowest BCUT2D eigenvalue weighted by atomic mass is 9.96. The van der Waals surface area contributed by atoms with E-state index in [0.717, 1.165) is 32.5 Å². The Bertz CT molecular complexity index is 314. The average molecular weight is 296 g/mol. The van der Waals surface area contributed by atoms with E-state index in [2.05, 4.69) is 22.3 Å². The molecule has 118 valence electrons. The zero-order valence-corrected chi connectivity index (χ0v) is 11.7. The van der Waals surface area contributed by atoms with Crippen LogP contribution in [0.5, 0.6) is 0 Å². The summed E-state index contributed by atoms with van der Waals surface area (Å²) in [7, 11) is 0. The van der Waals surface area contributed by atoms with Gasteiger partial charge in [-0.05, 0) is 44.9 Å². The minimum absolute atomic E-state index is 0.354. The fourth-order valence-corrected chi connectivity index (χ4v) is 2.40. The lowest BCUT2D eigenvalue weighted by Gasteiger charge is -2.31. The first-order valence-electron chi connectivity index (χ1n) is 6.85. The van der Waals surface area contributed by atoms with Gasteiger partial charge in [-0.3, -0.25) is 0 Å². The number of nitrogens with zero attached hydrogens (tertiary/aromatic N) is 2. The van der Waals surface area contributed by atoms with Crippen molar-refractivity contribution in [1.82, 2.24) is 10.2 Å². The Labute approximate surface area is 117 Å². The molecule has 1 aliphatic rings. The van der Waals surface area contributed by atoms with E-state index in [1.165, 1.54) is 0 Å². The van der Waals surface area contributed by atoms with Crippen LogP contribution < -0.4 is 11.1 Å². The fourth-order valence-electron chi connectivity index (χ4n) is 2.40. The number of nitrogens with two attached hydrogens (primary N) is 1. The average Bonchev–Trinajstić information content (AvgIpc) is 2.42. The lowest BCUT2D eigenvalue weighted by Crippen LogP contribution is -2.44. The lowest BCUT2D eigenvalue weighted by molar-refractivity contribution is -0.155. The predicted molar refractivity (Wildman–Crippen MR) is 70.7 cm³/mol. The summed E-state index contributed by atoms with van der Waals surface area (Å²) in [6, 6.07) is 0. The van der Waals surface area contributed by atoms with Crippen LogP contribution in [0.3, 0.4) is 0 Å². The summed E-state index contributed by atoms with van der Waals surface area (Å²) >= 11 is 0. The summed E-state index contributed by atoms with van der Waals surface area (Å²) in [5.41, 5.74) is 5.09. The normalized spacial score (nSPS) is 21.1. The van der Waals surface area contributed by atoms with E-state index in [9.17, 15) is 13.2 Å². The van der Waals surface area contributed by atoms with Gasteiger partial charge in [0.05, 0.1) is 0 Å². The second-order valence-electron chi connectivity index (χ2n) is 5.15. The van der Waals surface area contributed by atoms with Crippen LogP contribution in [0, 0.1) is 11.8 Å². The molecule has 0 amide bonds. The van der Waals surface area contributed by atoms with Crippen molar-refractivity contribution >= 4 is 5.84 Å². The molecular weight excluding hydrogens is 273 g/mol. The molecule has 0 aromatic rings. The van der Waals surface area contributed by atoms with Gasteiger partial charge in [0.1, 0.15) is 5.92 Å². The van der Waals surface area contributed by atoms with Crippen LogP contribution in [-0.2, 0) is 0 Å². The molecule has 1 rings (SSSR count). The molecule has 1 unspecified atom stereocenters. The van der Waals surface area contributed by atoms with Crippen molar-refractivity contribution < 1.29 is 18.4 Å². The molecule has 0 spiro atoms. The number of nitrogens with one attached hydrogen (secondary N) is 1. The van der Waals surface area contributed by atoms with E-state index in [1.54, 1.807) is 0 Å². The first kappa shape index (κ1) is 17.0. The molecule has 4 N–H and O–H groups in total. The highest BCUT2D eigenvalue weighted by molar-refractivity contribution is 5.83. The molecule has 0 aromatic carbocycles. The molecule has 1 atom stereocenters. The fraction of sp³-hybridized carbons (Fsp3) is 0.917. The molecule has 8 heteroatoms.